The Kier molecular flexibility index (Phi) is 4.03. The molecule has 0 fully saturated rings. The van der Waals surface area contributed by atoms with E-state index in [4.69, 9.17) is 0 Å². The monoisotopic (exact) mass is 325 g/mol. The smallest absolute Gasteiger partial charge is 0.264 e. The SMILES string of the molecule is Cc1nc(C(C)(C)C)[nH]c(=O)c1C(=O)N1CCc2ccccc2C1. The largest absolute Gasteiger partial charge is 0.334 e. The van der Waals surface area contributed by atoms with Crippen molar-refractivity contribution in [2.45, 2.75) is 46.1 Å². The molecule has 3 rings (SSSR count). The van der Waals surface area contributed by atoms with Crippen LogP contribution in [0.15, 0.2) is 29.1 Å². The number of hydrogen-bond donors (Lipinski definition) is 1. The van der Waals surface area contributed by atoms with E-state index in [1.54, 1.807) is 11.8 Å². The molecule has 1 N–H and O–H groups in total. The summed E-state index contributed by atoms with van der Waals surface area (Å²) < 4.78 is 0. The lowest BCUT2D eigenvalue weighted by molar-refractivity contribution is 0.0731. The molecule has 5 nitrogen and oxygen atoms in total. The molecule has 1 amide bonds. The summed E-state index contributed by atoms with van der Waals surface area (Å²) in [7, 11) is 0. The number of H-pyrrole nitrogens is 1. The fourth-order valence-corrected chi connectivity index (χ4v) is 3.02. The Morgan fingerprint density at radius 1 is 1.21 bits per heavy atom. The molecule has 0 saturated carbocycles. The van der Waals surface area contributed by atoms with Crippen molar-refractivity contribution in [3.8, 4) is 0 Å². The minimum Gasteiger partial charge on any atom is -0.334 e. The van der Waals surface area contributed by atoms with Crippen molar-refractivity contribution in [1.29, 1.82) is 0 Å². The van der Waals surface area contributed by atoms with Crippen LogP contribution in [0, 0.1) is 6.92 Å². The highest BCUT2D eigenvalue weighted by Gasteiger charge is 2.27. The van der Waals surface area contributed by atoms with E-state index in [0.29, 0.717) is 24.6 Å². The Bertz CT molecular complexity index is 846. The minimum atomic E-state index is -0.351. The summed E-state index contributed by atoms with van der Waals surface area (Å²) in [5.74, 6) is 0.363. The number of aromatic nitrogens is 2. The second-order valence-corrected chi connectivity index (χ2v) is 7.37. The van der Waals surface area contributed by atoms with Crippen molar-refractivity contribution in [2.75, 3.05) is 6.54 Å². The normalized spacial score (nSPS) is 14.4. The standard InChI is InChI=1S/C19H23N3O2/c1-12-15(16(23)21-18(20-12)19(2,3)4)17(24)22-10-9-13-7-5-6-8-14(13)11-22/h5-8H,9-11H2,1-4H3,(H,20,21,23). The lowest BCUT2D eigenvalue weighted by Crippen LogP contribution is -2.40. The molecule has 0 saturated heterocycles. The van der Waals surface area contributed by atoms with Crippen LogP contribution in [0.2, 0.25) is 0 Å². The molecule has 0 radical (unpaired) electrons. The van der Waals surface area contributed by atoms with E-state index in [-0.39, 0.29) is 22.4 Å². The maximum absolute atomic E-state index is 12.9. The fraction of sp³-hybridized carbons (Fsp3) is 0.421. The van der Waals surface area contributed by atoms with Crippen molar-refractivity contribution in [2.24, 2.45) is 0 Å². The third-order valence-electron chi connectivity index (χ3n) is 4.44. The summed E-state index contributed by atoms with van der Waals surface area (Å²) in [6.07, 6.45) is 0.812. The molecule has 24 heavy (non-hydrogen) atoms. The summed E-state index contributed by atoms with van der Waals surface area (Å²) in [5, 5.41) is 0. The Morgan fingerprint density at radius 2 is 1.88 bits per heavy atom. The van der Waals surface area contributed by atoms with Gasteiger partial charge in [0.1, 0.15) is 11.4 Å². The van der Waals surface area contributed by atoms with Gasteiger partial charge < -0.3 is 9.88 Å². The lowest BCUT2D eigenvalue weighted by Gasteiger charge is -2.29. The molecule has 1 aromatic carbocycles. The van der Waals surface area contributed by atoms with Gasteiger partial charge in [0.25, 0.3) is 11.5 Å². The van der Waals surface area contributed by atoms with E-state index in [0.717, 1.165) is 12.0 Å². The number of carbonyl (C=O) groups excluding carboxylic acids is 1. The highest BCUT2D eigenvalue weighted by molar-refractivity contribution is 5.95. The van der Waals surface area contributed by atoms with Gasteiger partial charge in [-0.15, -0.1) is 0 Å². The topological polar surface area (TPSA) is 66.1 Å². The van der Waals surface area contributed by atoms with E-state index in [1.165, 1.54) is 5.56 Å². The molecule has 2 heterocycles. The number of amides is 1. The van der Waals surface area contributed by atoms with Crippen LogP contribution in [0.4, 0.5) is 0 Å². The predicted molar refractivity (Wildman–Crippen MR) is 93.2 cm³/mol. The zero-order valence-corrected chi connectivity index (χ0v) is 14.6. The second-order valence-electron chi connectivity index (χ2n) is 7.37. The molecular weight excluding hydrogens is 302 g/mol. The molecule has 1 aromatic heterocycles. The van der Waals surface area contributed by atoms with Crippen molar-refractivity contribution < 1.29 is 4.79 Å². The molecule has 0 aliphatic carbocycles. The average Bonchev–Trinajstić information content (AvgIpc) is 2.52. The first-order valence-electron chi connectivity index (χ1n) is 8.25. The molecule has 0 spiro atoms. The zero-order valence-electron chi connectivity index (χ0n) is 14.6. The van der Waals surface area contributed by atoms with E-state index < -0.39 is 0 Å². The summed E-state index contributed by atoms with van der Waals surface area (Å²) in [5.41, 5.74) is 2.44. The first-order chi connectivity index (χ1) is 11.3. The highest BCUT2D eigenvalue weighted by Crippen LogP contribution is 2.21. The van der Waals surface area contributed by atoms with Crippen LogP contribution in [0.1, 0.15) is 53.8 Å². The second kappa shape index (κ2) is 5.89. The Balaban J connectivity index is 1.93. The minimum absolute atomic E-state index is 0.155. The van der Waals surface area contributed by atoms with Crippen molar-refractivity contribution >= 4 is 5.91 Å². The van der Waals surface area contributed by atoms with E-state index >= 15 is 0 Å². The number of rotatable bonds is 1. The van der Waals surface area contributed by atoms with Crippen molar-refractivity contribution in [3.63, 3.8) is 0 Å². The maximum Gasteiger partial charge on any atom is 0.264 e. The number of aryl methyl sites for hydroxylation is 1. The van der Waals surface area contributed by atoms with Crippen molar-refractivity contribution in [1.82, 2.24) is 14.9 Å². The molecule has 0 bridgehead atoms. The number of nitrogens with zero attached hydrogens (tertiary/aromatic N) is 2. The van der Waals surface area contributed by atoms with Gasteiger partial charge in [0.15, 0.2) is 0 Å². The van der Waals surface area contributed by atoms with Crippen LogP contribution in [0.3, 0.4) is 0 Å². The molecule has 5 heteroatoms. The number of benzene rings is 1. The summed E-state index contributed by atoms with van der Waals surface area (Å²) >= 11 is 0. The summed E-state index contributed by atoms with van der Waals surface area (Å²) in [6, 6.07) is 8.12. The number of aromatic amines is 1. The summed E-state index contributed by atoms with van der Waals surface area (Å²) in [4.78, 5) is 34.4. The first kappa shape index (κ1) is 16.4. The van der Waals surface area contributed by atoms with Gasteiger partial charge in [-0.3, -0.25) is 9.59 Å². The van der Waals surface area contributed by atoms with Gasteiger partial charge in [-0.25, -0.2) is 4.98 Å². The third kappa shape index (κ3) is 2.98. The number of nitrogens with one attached hydrogen (secondary N) is 1. The van der Waals surface area contributed by atoms with Gasteiger partial charge in [-0.2, -0.15) is 0 Å². The average molecular weight is 325 g/mol. The molecule has 126 valence electrons. The zero-order chi connectivity index (χ0) is 17.5. The fourth-order valence-electron chi connectivity index (χ4n) is 3.02. The van der Waals surface area contributed by atoms with Gasteiger partial charge in [0, 0.05) is 18.5 Å². The van der Waals surface area contributed by atoms with E-state index in [1.807, 2.05) is 39.0 Å². The number of carbonyl (C=O) groups is 1. The van der Waals surface area contributed by atoms with Crippen LogP contribution in [-0.2, 0) is 18.4 Å². The van der Waals surface area contributed by atoms with Gasteiger partial charge in [0.2, 0.25) is 0 Å². The lowest BCUT2D eigenvalue weighted by atomic mass is 9.95. The van der Waals surface area contributed by atoms with Crippen LogP contribution in [0.5, 0.6) is 0 Å². The van der Waals surface area contributed by atoms with E-state index in [2.05, 4.69) is 16.0 Å². The van der Waals surface area contributed by atoms with Crippen LogP contribution < -0.4 is 5.56 Å². The Labute approximate surface area is 141 Å². The maximum atomic E-state index is 12.9. The van der Waals surface area contributed by atoms with Gasteiger partial charge in [0.05, 0.1) is 5.69 Å². The molecule has 0 atom stereocenters. The molecule has 1 aliphatic rings. The Hall–Kier alpha value is -2.43. The highest BCUT2D eigenvalue weighted by atomic mass is 16.2. The molecule has 1 aliphatic heterocycles. The number of hydrogen-bond acceptors (Lipinski definition) is 3. The van der Waals surface area contributed by atoms with Crippen molar-refractivity contribution in [3.05, 3.63) is 62.8 Å². The van der Waals surface area contributed by atoms with Gasteiger partial charge in [-0.05, 0) is 24.5 Å². The van der Waals surface area contributed by atoms with Crippen LogP contribution in [0.25, 0.3) is 0 Å². The summed E-state index contributed by atoms with van der Waals surface area (Å²) in [6.45, 7) is 8.83. The van der Waals surface area contributed by atoms with Gasteiger partial charge >= 0.3 is 0 Å². The third-order valence-corrected chi connectivity index (χ3v) is 4.44. The molecule has 2 aromatic rings. The quantitative estimate of drug-likeness (QED) is 0.876. The first-order valence-corrected chi connectivity index (χ1v) is 8.25. The molecule has 0 unspecified atom stereocenters. The predicted octanol–water partition coefficient (Wildman–Crippen LogP) is 2.57. The Morgan fingerprint density at radius 3 is 2.50 bits per heavy atom. The van der Waals surface area contributed by atoms with Gasteiger partial charge in [-0.1, -0.05) is 45.0 Å². The van der Waals surface area contributed by atoms with Crippen LogP contribution >= 0.6 is 0 Å². The van der Waals surface area contributed by atoms with Crippen LogP contribution in [-0.4, -0.2) is 27.3 Å². The van der Waals surface area contributed by atoms with E-state index in [9.17, 15) is 9.59 Å². The number of fused-ring (bicyclic) bond motifs is 1. The molecular formula is C19H23N3O2.